The molecule has 1 aromatic heterocycles. The van der Waals surface area contributed by atoms with Gasteiger partial charge in [0.15, 0.2) is 5.82 Å². The molecule has 2 fully saturated rings. The Morgan fingerprint density at radius 3 is 2.61 bits per heavy atom. The number of carbonyl (C=O) groups excluding carboxylic acids is 1. The molecule has 0 spiro atoms. The topological polar surface area (TPSA) is 93.4 Å². The van der Waals surface area contributed by atoms with Crippen molar-refractivity contribution in [1.82, 2.24) is 20.2 Å². The minimum Gasteiger partial charge on any atom is -0.382 e. The van der Waals surface area contributed by atoms with Crippen LogP contribution in [0.5, 0.6) is 0 Å². The van der Waals surface area contributed by atoms with Gasteiger partial charge in [0, 0.05) is 37.4 Å². The van der Waals surface area contributed by atoms with Crippen LogP contribution in [0.25, 0.3) is 22.5 Å². The molecule has 3 aliphatic rings. The average molecular weight is 520 g/mol. The zero-order chi connectivity index (χ0) is 26.2. The van der Waals surface area contributed by atoms with Gasteiger partial charge in [0.25, 0.3) is 5.91 Å². The zero-order valence-electron chi connectivity index (χ0n) is 21.2. The van der Waals surface area contributed by atoms with Crippen LogP contribution in [0.4, 0.5) is 14.6 Å². The molecule has 38 heavy (non-hydrogen) atoms. The highest BCUT2D eigenvalue weighted by atomic mass is 19.1. The van der Waals surface area contributed by atoms with E-state index in [1.807, 2.05) is 12.1 Å². The summed E-state index contributed by atoms with van der Waals surface area (Å²) in [5.74, 6) is -1.58. The van der Waals surface area contributed by atoms with Crippen LogP contribution in [0.3, 0.4) is 0 Å². The van der Waals surface area contributed by atoms with Crippen molar-refractivity contribution in [3.63, 3.8) is 0 Å². The summed E-state index contributed by atoms with van der Waals surface area (Å²) in [4.78, 5) is 23.1. The number of halogens is 2. The van der Waals surface area contributed by atoms with E-state index >= 15 is 4.39 Å². The summed E-state index contributed by atoms with van der Waals surface area (Å²) in [6, 6.07) is 8.92. The molecule has 6 rings (SSSR count). The fraction of sp³-hybridized carbons (Fsp3) is 0.414. The summed E-state index contributed by atoms with van der Waals surface area (Å²) in [6.45, 7) is 4.82. The van der Waals surface area contributed by atoms with Crippen molar-refractivity contribution < 1.29 is 18.3 Å². The summed E-state index contributed by atoms with van der Waals surface area (Å²) >= 11 is 0. The van der Waals surface area contributed by atoms with Crippen molar-refractivity contribution in [3.05, 3.63) is 64.4 Å². The number of rotatable bonds is 5. The third-order valence-corrected chi connectivity index (χ3v) is 7.90. The molecule has 9 heteroatoms. The summed E-state index contributed by atoms with van der Waals surface area (Å²) in [5, 5.41) is 2.66. The van der Waals surface area contributed by atoms with E-state index in [9.17, 15) is 9.18 Å². The molecule has 0 bridgehead atoms. The molecule has 0 unspecified atom stereocenters. The lowest BCUT2D eigenvalue weighted by atomic mass is 9.87. The second kappa shape index (κ2) is 10.4. The Morgan fingerprint density at radius 1 is 1.03 bits per heavy atom. The number of nitrogens with two attached hydrogens (primary N) is 1. The van der Waals surface area contributed by atoms with Crippen LogP contribution in [-0.2, 0) is 17.7 Å². The van der Waals surface area contributed by atoms with E-state index in [1.54, 1.807) is 6.07 Å². The number of hydrogen-bond donors (Lipinski definition) is 2. The van der Waals surface area contributed by atoms with E-state index in [0.29, 0.717) is 35.6 Å². The van der Waals surface area contributed by atoms with Crippen LogP contribution >= 0.6 is 0 Å². The van der Waals surface area contributed by atoms with Crippen molar-refractivity contribution in [1.29, 1.82) is 0 Å². The molecule has 7 nitrogen and oxygen atoms in total. The summed E-state index contributed by atoms with van der Waals surface area (Å²) < 4.78 is 35.7. The van der Waals surface area contributed by atoms with Gasteiger partial charge < -0.3 is 15.8 Å². The number of nitrogens with zero attached hydrogens (tertiary/aromatic N) is 3. The summed E-state index contributed by atoms with van der Waals surface area (Å²) in [7, 11) is 0. The number of carbonyl (C=O) groups is 1. The van der Waals surface area contributed by atoms with Gasteiger partial charge in [0.05, 0.1) is 5.56 Å². The fourth-order valence-corrected chi connectivity index (χ4v) is 5.95. The maximum absolute atomic E-state index is 15.2. The van der Waals surface area contributed by atoms with E-state index in [0.717, 1.165) is 45.7 Å². The van der Waals surface area contributed by atoms with Crippen LogP contribution in [-0.4, -0.2) is 53.6 Å². The number of ether oxygens (including phenoxy) is 1. The molecule has 1 amide bonds. The predicted molar refractivity (Wildman–Crippen MR) is 141 cm³/mol. The second-order valence-electron chi connectivity index (χ2n) is 10.4. The molecule has 198 valence electrons. The van der Waals surface area contributed by atoms with Gasteiger partial charge in [0.2, 0.25) is 5.95 Å². The molecular weight excluding hydrogens is 488 g/mol. The number of nitrogen functional groups attached to an aromatic ring is 1. The first-order chi connectivity index (χ1) is 18.5. The Balaban J connectivity index is 1.41. The Hall–Kier alpha value is -3.43. The molecular formula is C29H31F2N5O2. The number of nitrogens with one attached hydrogen (secondary N) is 1. The molecule has 2 saturated heterocycles. The number of fused-ring (bicyclic) bond motifs is 1. The third kappa shape index (κ3) is 4.76. The lowest BCUT2D eigenvalue weighted by Gasteiger charge is -2.27. The van der Waals surface area contributed by atoms with Gasteiger partial charge in [-0.2, -0.15) is 9.37 Å². The van der Waals surface area contributed by atoms with E-state index in [2.05, 4.69) is 26.3 Å². The van der Waals surface area contributed by atoms with E-state index < -0.39 is 17.7 Å². The molecule has 0 aliphatic carbocycles. The predicted octanol–water partition coefficient (Wildman–Crippen LogP) is 4.45. The van der Waals surface area contributed by atoms with Gasteiger partial charge in [-0.25, -0.2) is 9.37 Å². The quantitative estimate of drug-likeness (QED) is 0.518. The largest absolute Gasteiger partial charge is 0.382 e. The van der Waals surface area contributed by atoms with Gasteiger partial charge in [-0.1, -0.05) is 12.1 Å². The normalized spacial score (nSPS) is 18.4. The molecule has 2 aromatic carbocycles. The number of amides is 1. The van der Waals surface area contributed by atoms with Crippen molar-refractivity contribution in [2.24, 2.45) is 0 Å². The number of aromatic nitrogens is 2. The first-order valence-electron chi connectivity index (χ1n) is 13.3. The first-order valence-corrected chi connectivity index (χ1v) is 13.3. The van der Waals surface area contributed by atoms with Gasteiger partial charge in [-0.15, -0.1) is 0 Å². The van der Waals surface area contributed by atoms with Gasteiger partial charge in [-0.05, 0) is 86.0 Å². The van der Waals surface area contributed by atoms with Crippen LogP contribution in [0.1, 0.15) is 58.6 Å². The first kappa shape index (κ1) is 24.9. The average Bonchev–Trinajstić information content (AvgIpc) is 3.42. The van der Waals surface area contributed by atoms with E-state index in [1.165, 1.54) is 30.0 Å². The second-order valence-corrected chi connectivity index (χ2v) is 10.4. The Bertz CT molecular complexity index is 1380. The van der Waals surface area contributed by atoms with Gasteiger partial charge >= 0.3 is 0 Å². The van der Waals surface area contributed by atoms with Crippen LogP contribution in [0.2, 0.25) is 0 Å². The molecule has 0 atom stereocenters. The maximum atomic E-state index is 15.2. The summed E-state index contributed by atoms with van der Waals surface area (Å²) in [6.07, 6.45) is 4.79. The number of hydrogen-bond acceptors (Lipinski definition) is 6. The highest BCUT2D eigenvalue weighted by Crippen LogP contribution is 2.35. The maximum Gasteiger partial charge on any atom is 0.254 e. The lowest BCUT2D eigenvalue weighted by Crippen LogP contribution is -2.32. The smallest absolute Gasteiger partial charge is 0.254 e. The van der Waals surface area contributed by atoms with Crippen molar-refractivity contribution in [3.8, 4) is 22.5 Å². The molecule has 0 saturated carbocycles. The zero-order valence-corrected chi connectivity index (χ0v) is 21.2. The minimum absolute atomic E-state index is 0.0316. The Labute approximate surface area is 220 Å². The SMILES string of the molecule is Nc1nc(F)c(-c2ccc(C3CCOCC3)c(CN3CCCC3)c2)nc1-c1cc(F)c2c(c1)CCNC2=O. The highest BCUT2D eigenvalue weighted by Gasteiger charge is 2.25. The number of anilines is 1. The molecule has 0 radical (unpaired) electrons. The van der Waals surface area contributed by atoms with Gasteiger partial charge in [0.1, 0.15) is 17.2 Å². The Kier molecular flexibility index (Phi) is 6.80. The lowest BCUT2D eigenvalue weighted by molar-refractivity contribution is 0.0850. The fourth-order valence-electron chi connectivity index (χ4n) is 5.95. The molecule has 3 aromatic rings. The molecule has 3 N–H and O–H groups in total. The molecule has 3 aliphatic heterocycles. The number of benzene rings is 2. The van der Waals surface area contributed by atoms with Crippen LogP contribution in [0.15, 0.2) is 30.3 Å². The highest BCUT2D eigenvalue weighted by molar-refractivity contribution is 5.97. The van der Waals surface area contributed by atoms with Gasteiger partial charge in [-0.3, -0.25) is 9.69 Å². The number of likely N-dealkylation sites (tertiary alicyclic amines) is 1. The minimum atomic E-state index is -0.769. The standard InChI is InChI=1S/C29H31F2N5O2/c30-23-15-20(13-18-5-8-33-29(37)24(18)23)26-28(32)35-27(31)25(34-26)19-3-4-22(17-6-11-38-12-7-17)21(14-19)16-36-9-1-2-10-36/h3-4,13-15,17H,1-2,5-12,16H2,(H2,32,35)(H,33,37). The van der Waals surface area contributed by atoms with Crippen LogP contribution in [0, 0.1) is 11.8 Å². The van der Waals surface area contributed by atoms with E-state index in [4.69, 9.17) is 10.5 Å². The molecule has 4 heterocycles. The van der Waals surface area contributed by atoms with Crippen molar-refractivity contribution in [2.45, 2.75) is 44.6 Å². The monoisotopic (exact) mass is 519 g/mol. The third-order valence-electron chi connectivity index (χ3n) is 7.90. The van der Waals surface area contributed by atoms with Crippen LogP contribution < -0.4 is 11.1 Å². The van der Waals surface area contributed by atoms with E-state index in [-0.39, 0.29) is 22.8 Å². The summed E-state index contributed by atoms with van der Waals surface area (Å²) in [5.41, 5.74) is 10.4. The Morgan fingerprint density at radius 2 is 1.82 bits per heavy atom. The van der Waals surface area contributed by atoms with Crippen molar-refractivity contribution >= 4 is 11.7 Å². The van der Waals surface area contributed by atoms with Crippen molar-refractivity contribution in [2.75, 3.05) is 38.6 Å².